The average molecular weight is 233 g/mol. The molecule has 0 aromatic carbocycles. The summed E-state index contributed by atoms with van der Waals surface area (Å²) in [6.45, 7) is 2.23. The molecule has 0 amide bonds. The lowest BCUT2D eigenvalue weighted by Gasteiger charge is -2.04. The van der Waals surface area contributed by atoms with Gasteiger partial charge in [0.2, 0.25) is 0 Å². The van der Waals surface area contributed by atoms with Gasteiger partial charge in [-0.05, 0) is 19.1 Å². The molecular formula is C12H11NO4. The van der Waals surface area contributed by atoms with Crippen LogP contribution in [0.2, 0.25) is 0 Å². The van der Waals surface area contributed by atoms with Crippen LogP contribution in [0.4, 0.5) is 0 Å². The van der Waals surface area contributed by atoms with E-state index in [4.69, 9.17) is 9.52 Å². The van der Waals surface area contributed by atoms with Crippen LogP contribution in [-0.2, 0) is 6.54 Å². The number of aromatic carboxylic acids is 1. The highest BCUT2D eigenvalue weighted by Crippen LogP contribution is 2.08. The summed E-state index contributed by atoms with van der Waals surface area (Å²) < 4.78 is 6.97. The van der Waals surface area contributed by atoms with Crippen molar-refractivity contribution < 1.29 is 14.3 Å². The van der Waals surface area contributed by atoms with Crippen molar-refractivity contribution in [2.45, 2.75) is 13.5 Å². The number of aromatic nitrogens is 1. The van der Waals surface area contributed by atoms with Gasteiger partial charge in [0.25, 0.3) is 0 Å². The fraction of sp³-hybridized carbons (Fsp3) is 0.167. The van der Waals surface area contributed by atoms with Crippen LogP contribution in [0.5, 0.6) is 0 Å². The van der Waals surface area contributed by atoms with Gasteiger partial charge in [-0.3, -0.25) is 4.79 Å². The third-order valence-electron chi connectivity index (χ3n) is 2.34. The first-order valence-electron chi connectivity index (χ1n) is 5.05. The molecule has 2 heterocycles. The summed E-state index contributed by atoms with van der Waals surface area (Å²) in [5, 5.41) is 8.82. The molecule has 17 heavy (non-hydrogen) atoms. The molecule has 0 atom stereocenters. The third kappa shape index (κ3) is 2.44. The zero-order valence-electron chi connectivity index (χ0n) is 9.21. The van der Waals surface area contributed by atoms with Crippen molar-refractivity contribution in [3.63, 3.8) is 0 Å². The molecule has 0 saturated carbocycles. The standard InChI is InChI=1S/C12H11NO4/c1-8-2-3-9(17-8)6-13-5-4-11(14)10(7-13)12(15)16/h2-5,7H,6H2,1H3,(H,15,16). The zero-order chi connectivity index (χ0) is 12.4. The van der Waals surface area contributed by atoms with Gasteiger partial charge in [0.1, 0.15) is 17.1 Å². The van der Waals surface area contributed by atoms with Crippen molar-refractivity contribution in [3.05, 3.63) is 57.9 Å². The van der Waals surface area contributed by atoms with Crippen LogP contribution in [0.1, 0.15) is 21.9 Å². The van der Waals surface area contributed by atoms with Crippen molar-refractivity contribution in [1.82, 2.24) is 4.57 Å². The summed E-state index contributed by atoms with van der Waals surface area (Å²) >= 11 is 0. The first-order valence-corrected chi connectivity index (χ1v) is 5.05. The van der Waals surface area contributed by atoms with Crippen molar-refractivity contribution in [2.75, 3.05) is 0 Å². The van der Waals surface area contributed by atoms with Gasteiger partial charge in [-0.1, -0.05) is 0 Å². The van der Waals surface area contributed by atoms with E-state index in [1.165, 1.54) is 18.5 Å². The monoisotopic (exact) mass is 233 g/mol. The van der Waals surface area contributed by atoms with Crippen LogP contribution in [0, 0.1) is 6.92 Å². The van der Waals surface area contributed by atoms with Gasteiger partial charge in [-0.25, -0.2) is 4.79 Å². The Morgan fingerprint density at radius 3 is 2.76 bits per heavy atom. The van der Waals surface area contributed by atoms with E-state index in [1.807, 2.05) is 19.1 Å². The largest absolute Gasteiger partial charge is 0.477 e. The lowest BCUT2D eigenvalue weighted by molar-refractivity contribution is 0.0694. The van der Waals surface area contributed by atoms with E-state index < -0.39 is 11.4 Å². The summed E-state index contributed by atoms with van der Waals surface area (Å²) in [6.07, 6.45) is 2.84. The number of rotatable bonds is 3. The van der Waals surface area contributed by atoms with Crippen LogP contribution >= 0.6 is 0 Å². The molecule has 2 aromatic heterocycles. The Morgan fingerprint density at radius 2 is 2.18 bits per heavy atom. The van der Waals surface area contributed by atoms with E-state index in [0.717, 1.165) is 5.76 Å². The average Bonchev–Trinajstić information content (AvgIpc) is 2.66. The Labute approximate surface area is 96.9 Å². The van der Waals surface area contributed by atoms with Gasteiger partial charge < -0.3 is 14.1 Å². The highest BCUT2D eigenvalue weighted by Gasteiger charge is 2.09. The van der Waals surface area contributed by atoms with Crippen molar-refractivity contribution in [2.24, 2.45) is 0 Å². The number of pyridine rings is 1. The number of hydrogen-bond acceptors (Lipinski definition) is 3. The normalized spacial score (nSPS) is 10.4. The van der Waals surface area contributed by atoms with Crippen molar-refractivity contribution in [3.8, 4) is 0 Å². The molecule has 1 N–H and O–H groups in total. The minimum atomic E-state index is -1.22. The predicted octanol–water partition coefficient (Wildman–Crippen LogP) is 1.50. The van der Waals surface area contributed by atoms with Crippen LogP contribution in [-0.4, -0.2) is 15.6 Å². The predicted molar refractivity (Wildman–Crippen MR) is 60.2 cm³/mol. The minimum Gasteiger partial charge on any atom is -0.477 e. The second-order valence-electron chi connectivity index (χ2n) is 3.71. The fourth-order valence-corrected chi connectivity index (χ4v) is 1.53. The summed E-state index contributed by atoms with van der Waals surface area (Å²) in [5.41, 5.74) is -0.736. The molecule has 2 rings (SSSR count). The van der Waals surface area contributed by atoms with Gasteiger partial charge in [0.05, 0.1) is 6.54 Å². The van der Waals surface area contributed by atoms with Crippen LogP contribution in [0.25, 0.3) is 0 Å². The molecule has 0 unspecified atom stereocenters. The van der Waals surface area contributed by atoms with Crippen molar-refractivity contribution in [1.29, 1.82) is 0 Å². The Bertz CT molecular complexity index is 609. The molecule has 88 valence electrons. The number of aryl methyl sites for hydroxylation is 1. The Morgan fingerprint density at radius 1 is 1.41 bits per heavy atom. The maximum absolute atomic E-state index is 11.3. The number of carboxylic acids is 1. The number of carbonyl (C=O) groups is 1. The summed E-state index contributed by atoms with van der Waals surface area (Å²) in [5.74, 6) is 0.280. The number of carboxylic acid groups (broad SMARTS) is 1. The maximum atomic E-state index is 11.3. The highest BCUT2D eigenvalue weighted by molar-refractivity contribution is 5.86. The van der Waals surface area contributed by atoms with Crippen molar-refractivity contribution >= 4 is 5.97 Å². The molecule has 5 nitrogen and oxygen atoms in total. The zero-order valence-corrected chi connectivity index (χ0v) is 9.21. The summed E-state index contributed by atoms with van der Waals surface area (Å²) in [4.78, 5) is 22.0. The summed E-state index contributed by atoms with van der Waals surface area (Å²) in [6, 6.07) is 4.88. The van der Waals surface area contributed by atoms with Gasteiger partial charge >= 0.3 is 5.97 Å². The Balaban J connectivity index is 2.31. The van der Waals surface area contributed by atoms with E-state index in [0.29, 0.717) is 12.3 Å². The van der Waals surface area contributed by atoms with E-state index in [1.54, 1.807) is 4.57 Å². The molecule has 0 fully saturated rings. The fourth-order valence-electron chi connectivity index (χ4n) is 1.53. The second kappa shape index (κ2) is 4.29. The van der Waals surface area contributed by atoms with Crippen LogP contribution in [0.15, 0.2) is 39.8 Å². The van der Waals surface area contributed by atoms with Crippen LogP contribution in [0.3, 0.4) is 0 Å². The molecule has 0 spiro atoms. The molecule has 2 aromatic rings. The van der Waals surface area contributed by atoms with E-state index >= 15 is 0 Å². The lowest BCUT2D eigenvalue weighted by Crippen LogP contribution is -2.16. The van der Waals surface area contributed by atoms with Gasteiger partial charge in [0, 0.05) is 18.5 Å². The Hall–Kier alpha value is -2.30. The van der Waals surface area contributed by atoms with Crippen LogP contribution < -0.4 is 5.43 Å². The molecule has 0 aliphatic carbocycles. The molecule has 0 radical (unpaired) electrons. The van der Waals surface area contributed by atoms with Gasteiger partial charge in [-0.15, -0.1) is 0 Å². The first-order chi connectivity index (χ1) is 8.06. The number of hydrogen-bond donors (Lipinski definition) is 1. The van der Waals surface area contributed by atoms with Gasteiger partial charge in [-0.2, -0.15) is 0 Å². The smallest absolute Gasteiger partial charge is 0.341 e. The van der Waals surface area contributed by atoms with E-state index in [2.05, 4.69) is 0 Å². The SMILES string of the molecule is Cc1ccc(Cn2ccc(=O)c(C(=O)O)c2)o1. The number of nitrogens with zero attached hydrogens (tertiary/aromatic N) is 1. The maximum Gasteiger partial charge on any atom is 0.341 e. The quantitative estimate of drug-likeness (QED) is 0.871. The van der Waals surface area contributed by atoms with Gasteiger partial charge in [0.15, 0.2) is 5.43 Å². The Kier molecular flexibility index (Phi) is 2.82. The summed E-state index contributed by atoms with van der Waals surface area (Å²) in [7, 11) is 0. The molecule has 0 bridgehead atoms. The molecular weight excluding hydrogens is 222 g/mol. The molecule has 0 saturated heterocycles. The first kappa shape index (κ1) is 11.2. The third-order valence-corrected chi connectivity index (χ3v) is 2.34. The van der Waals surface area contributed by atoms with E-state index in [-0.39, 0.29) is 5.56 Å². The number of furan rings is 1. The molecule has 0 aliphatic heterocycles. The topological polar surface area (TPSA) is 72.4 Å². The van der Waals surface area contributed by atoms with E-state index in [9.17, 15) is 9.59 Å². The lowest BCUT2D eigenvalue weighted by atomic mass is 10.2. The molecule has 0 aliphatic rings. The molecule has 5 heteroatoms. The second-order valence-corrected chi connectivity index (χ2v) is 3.71. The highest BCUT2D eigenvalue weighted by atomic mass is 16.4. The minimum absolute atomic E-state index is 0.240.